The van der Waals surface area contributed by atoms with E-state index in [4.69, 9.17) is 13.9 Å². The average Bonchev–Trinajstić information content (AvgIpc) is 2.66. The van der Waals surface area contributed by atoms with Crippen molar-refractivity contribution in [1.29, 1.82) is 0 Å². The van der Waals surface area contributed by atoms with E-state index in [0.29, 0.717) is 11.0 Å². The van der Waals surface area contributed by atoms with E-state index in [9.17, 15) is 14.4 Å². The molecular weight excluding hydrogens is 386 g/mol. The lowest BCUT2D eigenvalue weighted by Gasteiger charge is -2.21. The molecule has 1 unspecified atom stereocenters. The van der Waals surface area contributed by atoms with Crippen LogP contribution in [0.25, 0.3) is 22.1 Å². The maximum absolute atomic E-state index is 12.3. The Morgan fingerprint density at radius 3 is 2.40 bits per heavy atom. The first-order chi connectivity index (χ1) is 14.1. The smallest absolute Gasteiger partial charge is 0.408 e. The second-order valence-electron chi connectivity index (χ2n) is 7.79. The third-order valence-electron chi connectivity index (χ3n) is 4.11. The first-order valence-electron chi connectivity index (χ1n) is 9.47. The summed E-state index contributed by atoms with van der Waals surface area (Å²) in [5, 5.41) is 3.13. The van der Waals surface area contributed by atoms with Gasteiger partial charge in [-0.2, -0.15) is 0 Å². The van der Waals surface area contributed by atoms with Gasteiger partial charge in [-0.15, -0.1) is 0 Å². The van der Waals surface area contributed by atoms with Gasteiger partial charge in [-0.25, -0.2) is 14.4 Å². The van der Waals surface area contributed by atoms with Crippen LogP contribution in [0.5, 0.6) is 5.75 Å². The van der Waals surface area contributed by atoms with E-state index in [1.165, 1.54) is 19.1 Å². The molecule has 1 amide bonds. The summed E-state index contributed by atoms with van der Waals surface area (Å²) in [5.74, 6) is -0.486. The number of alkyl carbamates (subject to hydrolysis) is 1. The van der Waals surface area contributed by atoms with E-state index in [0.717, 1.165) is 11.1 Å². The summed E-state index contributed by atoms with van der Waals surface area (Å²) in [4.78, 5) is 36.2. The first kappa shape index (κ1) is 21.1. The average molecular weight is 409 g/mol. The molecule has 7 heteroatoms. The topological polar surface area (TPSA) is 94.8 Å². The summed E-state index contributed by atoms with van der Waals surface area (Å²) in [7, 11) is 0. The molecule has 0 saturated carbocycles. The third-order valence-corrected chi connectivity index (χ3v) is 4.11. The summed E-state index contributed by atoms with van der Waals surface area (Å²) in [6, 6.07) is 14.7. The summed E-state index contributed by atoms with van der Waals surface area (Å²) in [6.45, 7) is 6.66. The highest BCUT2D eigenvalue weighted by atomic mass is 16.6. The van der Waals surface area contributed by atoms with E-state index < -0.39 is 29.3 Å². The number of benzene rings is 2. The Labute approximate surface area is 173 Å². The van der Waals surface area contributed by atoms with Crippen LogP contribution in [0.15, 0.2) is 63.8 Å². The van der Waals surface area contributed by atoms with Crippen molar-refractivity contribution in [2.24, 2.45) is 0 Å². The number of hydrogen-bond donors (Lipinski definition) is 1. The van der Waals surface area contributed by atoms with Gasteiger partial charge in [0, 0.05) is 17.5 Å². The quantitative estimate of drug-likeness (QED) is 0.393. The minimum absolute atomic E-state index is 0.193. The predicted octanol–water partition coefficient (Wildman–Crippen LogP) is 4.28. The normalized spacial score (nSPS) is 12.3. The lowest BCUT2D eigenvalue weighted by Crippen LogP contribution is -2.43. The van der Waals surface area contributed by atoms with Gasteiger partial charge in [0.1, 0.15) is 23.0 Å². The molecule has 0 bridgehead atoms. The van der Waals surface area contributed by atoms with Crippen LogP contribution in [-0.4, -0.2) is 23.7 Å². The zero-order chi connectivity index (χ0) is 21.9. The highest BCUT2D eigenvalue weighted by Crippen LogP contribution is 2.29. The van der Waals surface area contributed by atoms with Crippen molar-refractivity contribution in [3.8, 4) is 16.9 Å². The zero-order valence-corrected chi connectivity index (χ0v) is 17.2. The number of esters is 1. The van der Waals surface area contributed by atoms with E-state index >= 15 is 0 Å². The number of ether oxygens (including phenoxy) is 2. The Bertz CT molecular complexity index is 1130. The second-order valence-corrected chi connectivity index (χ2v) is 7.79. The van der Waals surface area contributed by atoms with E-state index in [1.807, 2.05) is 30.3 Å². The molecule has 2 aromatic carbocycles. The molecule has 0 fully saturated rings. The molecular formula is C23H23NO6. The standard InChI is InChI=1S/C23H23NO6/c1-14(24-22(27)30-23(2,3)4)21(26)28-16-10-11-17-18(15-8-6-5-7-9-15)13-20(25)29-19(17)12-16/h5-14H,1-4H3,(H,24,27). The van der Waals surface area contributed by atoms with Crippen LogP contribution in [-0.2, 0) is 9.53 Å². The van der Waals surface area contributed by atoms with Crippen LogP contribution in [0.4, 0.5) is 4.79 Å². The number of fused-ring (bicyclic) bond motifs is 1. The van der Waals surface area contributed by atoms with Crippen molar-refractivity contribution in [3.63, 3.8) is 0 Å². The molecule has 0 spiro atoms. The fourth-order valence-electron chi connectivity index (χ4n) is 2.81. The first-order valence-corrected chi connectivity index (χ1v) is 9.47. The molecule has 0 aliphatic rings. The molecule has 1 aromatic heterocycles. The van der Waals surface area contributed by atoms with E-state index in [2.05, 4.69) is 5.32 Å². The minimum Gasteiger partial charge on any atom is -0.444 e. The van der Waals surface area contributed by atoms with Gasteiger partial charge in [0.15, 0.2) is 0 Å². The van der Waals surface area contributed by atoms with Gasteiger partial charge in [-0.1, -0.05) is 30.3 Å². The highest BCUT2D eigenvalue weighted by molar-refractivity contribution is 5.94. The largest absolute Gasteiger partial charge is 0.444 e. The Balaban J connectivity index is 1.80. The van der Waals surface area contributed by atoms with Gasteiger partial charge in [0.2, 0.25) is 0 Å². The predicted molar refractivity (Wildman–Crippen MR) is 112 cm³/mol. The van der Waals surface area contributed by atoms with Crippen molar-refractivity contribution < 1.29 is 23.5 Å². The Morgan fingerprint density at radius 2 is 1.73 bits per heavy atom. The van der Waals surface area contributed by atoms with E-state index in [-0.39, 0.29) is 5.75 Å². The molecule has 0 saturated heterocycles. The van der Waals surface area contributed by atoms with Crippen molar-refractivity contribution in [3.05, 3.63) is 65.0 Å². The number of rotatable bonds is 4. The van der Waals surface area contributed by atoms with Crippen LogP contribution >= 0.6 is 0 Å². The van der Waals surface area contributed by atoms with Crippen molar-refractivity contribution in [2.75, 3.05) is 0 Å². The Morgan fingerprint density at radius 1 is 1.03 bits per heavy atom. The molecule has 7 nitrogen and oxygen atoms in total. The van der Waals surface area contributed by atoms with Gasteiger partial charge >= 0.3 is 17.7 Å². The van der Waals surface area contributed by atoms with Crippen LogP contribution in [0, 0.1) is 0 Å². The van der Waals surface area contributed by atoms with Gasteiger partial charge in [-0.05, 0) is 51.0 Å². The maximum Gasteiger partial charge on any atom is 0.408 e. The van der Waals surface area contributed by atoms with E-state index in [1.54, 1.807) is 32.9 Å². The lowest BCUT2D eigenvalue weighted by molar-refractivity contribution is -0.136. The second kappa shape index (κ2) is 8.41. The SMILES string of the molecule is CC(NC(=O)OC(C)(C)C)C(=O)Oc1ccc2c(-c3ccccc3)cc(=O)oc2c1. The summed E-state index contributed by atoms with van der Waals surface area (Å²) in [6.07, 6.45) is -0.719. The minimum atomic E-state index is -0.932. The molecule has 1 heterocycles. The maximum atomic E-state index is 12.3. The molecule has 1 atom stereocenters. The van der Waals surface area contributed by atoms with Gasteiger partial charge in [0.05, 0.1) is 0 Å². The summed E-state index contributed by atoms with van der Waals surface area (Å²) < 4.78 is 15.7. The lowest BCUT2D eigenvalue weighted by atomic mass is 10.0. The Hall–Kier alpha value is -3.61. The molecule has 1 N–H and O–H groups in total. The molecule has 0 aliphatic carbocycles. The number of amides is 1. The number of nitrogens with one attached hydrogen (secondary N) is 1. The van der Waals surface area contributed by atoms with Crippen LogP contribution in [0.3, 0.4) is 0 Å². The number of carbonyl (C=O) groups is 2. The fraction of sp³-hybridized carbons (Fsp3) is 0.261. The molecule has 3 aromatic rings. The number of hydrogen-bond acceptors (Lipinski definition) is 6. The molecule has 0 radical (unpaired) electrons. The van der Waals surface area contributed by atoms with Gasteiger partial charge in [0.25, 0.3) is 0 Å². The molecule has 0 aliphatic heterocycles. The molecule has 156 valence electrons. The molecule has 30 heavy (non-hydrogen) atoms. The van der Waals surface area contributed by atoms with Crippen molar-refractivity contribution in [1.82, 2.24) is 5.32 Å². The van der Waals surface area contributed by atoms with Gasteiger partial charge in [-0.3, -0.25) is 0 Å². The number of carbonyl (C=O) groups excluding carboxylic acids is 2. The van der Waals surface area contributed by atoms with Crippen molar-refractivity contribution in [2.45, 2.75) is 39.3 Å². The van der Waals surface area contributed by atoms with Crippen LogP contribution in [0.2, 0.25) is 0 Å². The van der Waals surface area contributed by atoms with Crippen molar-refractivity contribution >= 4 is 23.0 Å². The third kappa shape index (κ3) is 5.26. The zero-order valence-electron chi connectivity index (χ0n) is 17.2. The van der Waals surface area contributed by atoms with Crippen LogP contribution < -0.4 is 15.7 Å². The van der Waals surface area contributed by atoms with Gasteiger partial charge < -0.3 is 19.2 Å². The Kier molecular flexibility index (Phi) is 5.91. The highest BCUT2D eigenvalue weighted by Gasteiger charge is 2.22. The fourth-order valence-corrected chi connectivity index (χ4v) is 2.81. The van der Waals surface area contributed by atoms with Crippen LogP contribution in [0.1, 0.15) is 27.7 Å². The summed E-state index contributed by atoms with van der Waals surface area (Å²) >= 11 is 0. The molecule has 3 rings (SSSR count). The monoisotopic (exact) mass is 409 g/mol. The summed E-state index contributed by atoms with van der Waals surface area (Å²) in [5.41, 5.74) is 0.694.